The summed E-state index contributed by atoms with van der Waals surface area (Å²) in [6, 6.07) is 13.2. The summed E-state index contributed by atoms with van der Waals surface area (Å²) >= 11 is 0. The number of carboxylic acid groups (broad SMARTS) is 3. The van der Waals surface area contributed by atoms with Gasteiger partial charge in [0, 0.05) is 11.1 Å². The SMILES string of the molecule is O=C([O-])c1ccccc1.O=C([O-])c1ccccc1C(=O)[O-].[K+].[K+].[Na+]. The van der Waals surface area contributed by atoms with Crippen molar-refractivity contribution in [1.29, 1.82) is 0 Å². The second-order valence-corrected chi connectivity index (χ2v) is 3.77. The molecule has 0 unspecified atom stereocenters. The number of benzene rings is 2. The van der Waals surface area contributed by atoms with Crippen molar-refractivity contribution in [2.45, 2.75) is 0 Å². The quantitative estimate of drug-likeness (QED) is 0.483. The molecule has 2 aromatic carbocycles. The van der Waals surface area contributed by atoms with Crippen LogP contribution in [0.2, 0.25) is 0 Å². The van der Waals surface area contributed by atoms with Gasteiger partial charge in [-0.25, -0.2) is 0 Å². The van der Waals surface area contributed by atoms with Crippen LogP contribution in [-0.4, -0.2) is 17.9 Å². The Balaban J connectivity index is -0.000000336. The molecule has 2 rings (SSSR count). The van der Waals surface area contributed by atoms with Gasteiger partial charge in [-0.1, -0.05) is 54.6 Å². The van der Waals surface area contributed by atoms with E-state index in [1.54, 1.807) is 18.2 Å². The van der Waals surface area contributed by atoms with Crippen LogP contribution in [0.3, 0.4) is 0 Å². The summed E-state index contributed by atoms with van der Waals surface area (Å²) in [6.45, 7) is 0. The maximum atomic E-state index is 10.3. The molecular weight excluding hydrogens is 377 g/mol. The molecule has 2 aromatic rings. The Labute approximate surface area is 246 Å². The van der Waals surface area contributed by atoms with Gasteiger partial charge in [-0.2, -0.15) is 0 Å². The van der Waals surface area contributed by atoms with Crippen molar-refractivity contribution in [3.05, 3.63) is 71.3 Å². The van der Waals surface area contributed by atoms with Crippen LogP contribution in [-0.2, 0) is 0 Å². The van der Waals surface area contributed by atoms with Gasteiger partial charge in [0.1, 0.15) is 0 Å². The number of rotatable bonds is 3. The molecule has 0 spiro atoms. The minimum absolute atomic E-state index is 0. The van der Waals surface area contributed by atoms with Crippen molar-refractivity contribution in [2.24, 2.45) is 0 Å². The molecule has 0 aromatic heterocycles. The number of hydrogen-bond donors (Lipinski definition) is 0. The maximum Gasteiger partial charge on any atom is 1.00 e. The first-order valence-corrected chi connectivity index (χ1v) is 5.71. The molecule has 24 heavy (non-hydrogen) atoms. The smallest absolute Gasteiger partial charge is 0.545 e. The fourth-order valence-electron chi connectivity index (χ4n) is 1.41. The molecule has 0 aliphatic heterocycles. The molecule has 0 saturated carbocycles. The minimum Gasteiger partial charge on any atom is -0.545 e. The van der Waals surface area contributed by atoms with E-state index < -0.39 is 17.9 Å². The van der Waals surface area contributed by atoms with Crippen LogP contribution < -0.4 is 148 Å². The third-order valence-corrected chi connectivity index (χ3v) is 2.38. The summed E-state index contributed by atoms with van der Waals surface area (Å²) in [6.07, 6.45) is 0. The fourth-order valence-corrected chi connectivity index (χ4v) is 1.41. The van der Waals surface area contributed by atoms with Crippen LogP contribution in [0.1, 0.15) is 31.1 Å². The summed E-state index contributed by atoms with van der Waals surface area (Å²) in [5.74, 6) is -4.17. The normalized spacial score (nSPS) is 8.00. The van der Waals surface area contributed by atoms with E-state index in [4.69, 9.17) is 0 Å². The summed E-state index contributed by atoms with van der Waals surface area (Å²) in [5.41, 5.74) is -0.507. The molecule has 0 N–H and O–H groups in total. The van der Waals surface area contributed by atoms with E-state index in [0.717, 1.165) is 12.1 Å². The second-order valence-electron chi connectivity index (χ2n) is 3.77. The topological polar surface area (TPSA) is 120 Å². The molecule has 108 valence electrons. The van der Waals surface area contributed by atoms with Gasteiger partial charge in [0.2, 0.25) is 0 Å². The van der Waals surface area contributed by atoms with E-state index >= 15 is 0 Å². The Morgan fingerprint density at radius 1 is 0.583 bits per heavy atom. The van der Waals surface area contributed by atoms with Crippen LogP contribution in [0, 0.1) is 0 Å². The number of hydrogen-bond acceptors (Lipinski definition) is 6. The zero-order chi connectivity index (χ0) is 15.8. The average Bonchev–Trinajstić information content (AvgIpc) is 2.48. The molecule has 0 fully saturated rings. The minimum atomic E-state index is -1.52. The van der Waals surface area contributed by atoms with Crippen LogP contribution in [0.25, 0.3) is 0 Å². The molecule has 9 heteroatoms. The Bertz CT molecular complexity index is 631. The predicted molar refractivity (Wildman–Crippen MR) is 65.9 cm³/mol. The van der Waals surface area contributed by atoms with Crippen molar-refractivity contribution in [3.8, 4) is 0 Å². The molecule has 6 nitrogen and oxygen atoms in total. The predicted octanol–water partition coefficient (Wildman–Crippen LogP) is -10.5. The number of carbonyl (C=O) groups excluding carboxylic acids is 3. The summed E-state index contributed by atoms with van der Waals surface area (Å²) < 4.78 is 0. The van der Waals surface area contributed by atoms with Crippen molar-refractivity contribution in [3.63, 3.8) is 0 Å². The van der Waals surface area contributed by atoms with E-state index in [2.05, 4.69) is 0 Å². The molecule has 0 bridgehead atoms. The van der Waals surface area contributed by atoms with Crippen molar-refractivity contribution < 1.29 is 162 Å². The van der Waals surface area contributed by atoms with Crippen molar-refractivity contribution in [2.75, 3.05) is 0 Å². The molecule has 0 aliphatic carbocycles. The van der Waals surface area contributed by atoms with Gasteiger partial charge in [0.15, 0.2) is 0 Å². The van der Waals surface area contributed by atoms with Crippen molar-refractivity contribution >= 4 is 17.9 Å². The average molecular weight is 386 g/mol. The van der Waals surface area contributed by atoms with Gasteiger partial charge in [0.05, 0.1) is 17.9 Å². The molecule has 0 heterocycles. The zero-order valence-electron chi connectivity index (χ0n) is 13.6. The maximum absolute atomic E-state index is 10.3. The van der Waals surface area contributed by atoms with Gasteiger partial charge >= 0.3 is 132 Å². The third kappa shape index (κ3) is 11.0. The largest absolute Gasteiger partial charge is 1.00 e. The van der Waals surface area contributed by atoms with Gasteiger partial charge < -0.3 is 29.7 Å². The standard InChI is InChI=1S/C8H6O4.C7H6O2.2K.Na/c9-7(10)5-3-1-2-4-6(5)8(11)12;8-7(9)6-4-2-1-3-5-6;;;/h1-4H,(H,9,10)(H,11,12);1-5H,(H,8,9);;;/q;;3*+1/p-3. The second kappa shape index (κ2) is 16.3. The summed E-state index contributed by atoms with van der Waals surface area (Å²) in [4.78, 5) is 30.7. The van der Waals surface area contributed by atoms with Gasteiger partial charge in [0.25, 0.3) is 0 Å². The molecule has 0 saturated heterocycles. The van der Waals surface area contributed by atoms with E-state index in [1.165, 1.54) is 24.3 Å². The first-order valence-electron chi connectivity index (χ1n) is 5.71. The number of carbonyl (C=O) groups is 3. The van der Waals surface area contributed by atoms with E-state index in [-0.39, 0.29) is 149 Å². The summed E-state index contributed by atoms with van der Waals surface area (Å²) in [7, 11) is 0. The number of aromatic carboxylic acids is 3. The van der Waals surface area contributed by atoms with E-state index in [1.807, 2.05) is 0 Å². The molecule has 0 radical (unpaired) electrons. The Hall–Kier alpha value is 1.12. The van der Waals surface area contributed by atoms with Gasteiger partial charge in [-0.05, 0) is 5.56 Å². The molecular formula is C15H9K2NaO6. The first-order chi connectivity index (χ1) is 9.93. The van der Waals surface area contributed by atoms with E-state index in [0.29, 0.717) is 0 Å². The Kier molecular flexibility index (Phi) is 20.3. The fraction of sp³-hybridized carbons (Fsp3) is 0. The summed E-state index contributed by atoms with van der Waals surface area (Å²) in [5, 5.41) is 30.7. The van der Waals surface area contributed by atoms with Crippen LogP contribution in [0.4, 0.5) is 0 Å². The van der Waals surface area contributed by atoms with Crippen molar-refractivity contribution in [1.82, 2.24) is 0 Å². The first kappa shape index (κ1) is 29.9. The van der Waals surface area contributed by atoms with Crippen LogP contribution in [0.15, 0.2) is 54.6 Å². The van der Waals surface area contributed by atoms with E-state index in [9.17, 15) is 29.7 Å². The molecule has 0 atom stereocenters. The Morgan fingerprint density at radius 3 is 1.17 bits per heavy atom. The number of carboxylic acids is 3. The Morgan fingerprint density at radius 2 is 0.917 bits per heavy atom. The molecule has 0 aliphatic rings. The monoisotopic (exact) mass is 386 g/mol. The van der Waals surface area contributed by atoms with Gasteiger partial charge in [-0.3, -0.25) is 0 Å². The van der Waals surface area contributed by atoms with Gasteiger partial charge in [-0.15, -0.1) is 0 Å². The third-order valence-electron chi connectivity index (χ3n) is 2.38. The van der Waals surface area contributed by atoms with Crippen LogP contribution in [0.5, 0.6) is 0 Å². The molecule has 0 amide bonds. The van der Waals surface area contributed by atoms with Crippen LogP contribution >= 0.6 is 0 Å². The zero-order valence-corrected chi connectivity index (χ0v) is 21.9.